The van der Waals surface area contributed by atoms with Gasteiger partial charge in [-0.25, -0.2) is 4.39 Å². The minimum absolute atomic E-state index is 0.0686. The number of halogens is 1. The molecule has 0 spiro atoms. The SMILES string of the molecule is CC12CCC3C(CC(F)[C@@]4(O)CC(O)CCC34C)C1CCC2O. The van der Waals surface area contributed by atoms with Crippen molar-refractivity contribution in [3.63, 3.8) is 0 Å². The first kappa shape index (κ1) is 16.3. The highest BCUT2D eigenvalue weighted by Crippen LogP contribution is 2.67. The lowest BCUT2D eigenvalue weighted by atomic mass is 9.43. The van der Waals surface area contributed by atoms with E-state index in [0.717, 1.165) is 25.7 Å². The molecule has 132 valence electrons. The monoisotopic (exact) mass is 326 g/mol. The van der Waals surface area contributed by atoms with Crippen LogP contribution in [0.15, 0.2) is 0 Å². The van der Waals surface area contributed by atoms with Crippen molar-refractivity contribution in [1.29, 1.82) is 0 Å². The predicted octanol–water partition coefficient (Wildman–Crippen LogP) is 2.81. The Labute approximate surface area is 138 Å². The van der Waals surface area contributed by atoms with Gasteiger partial charge < -0.3 is 15.3 Å². The van der Waals surface area contributed by atoms with Crippen LogP contribution >= 0.6 is 0 Å². The zero-order chi connectivity index (χ0) is 16.6. The fraction of sp³-hybridized carbons (Fsp3) is 1.00. The first-order chi connectivity index (χ1) is 10.7. The van der Waals surface area contributed by atoms with E-state index in [0.29, 0.717) is 31.1 Å². The zero-order valence-electron chi connectivity index (χ0n) is 14.3. The molecular formula is C19H31FO3. The van der Waals surface area contributed by atoms with Crippen molar-refractivity contribution in [1.82, 2.24) is 0 Å². The van der Waals surface area contributed by atoms with Crippen molar-refractivity contribution in [2.45, 2.75) is 89.2 Å². The van der Waals surface area contributed by atoms with E-state index in [9.17, 15) is 15.3 Å². The van der Waals surface area contributed by atoms with E-state index in [1.165, 1.54) is 0 Å². The molecule has 3 N–H and O–H groups in total. The molecule has 0 saturated heterocycles. The summed E-state index contributed by atoms with van der Waals surface area (Å²) in [6, 6.07) is 0. The summed E-state index contributed by atoms with van der Waals surface area (Å²) in [5, 5.41) is 31.7. The highest BCUT2D eigenvalue weighted by Gasteiger charge is 2.67. The Hall–Kier alpha value is -0.190. The summed E-state index contributed by atoms with van der Waals surface area (Å²) in [6.45, 7) is 4.25. The molecule has 4 aliphatic rings. The van der Waals surface area contributed by atoms with Crippen molar-refractivity contribution < 1.29 is 19.7 Å². The Kier molecular flexibility index (Phi) is 3.48. The van der Waals surface area contributed by atoms with E-state index in [1.807, 2.05) is 0 Å². The second kappa shape index (κ2) is 4.92. The quantitative estimate of drug-likeness (QED) is 0.641. The molecule has 0 heterocycles. The van der Waals surface area contributed by atoms with Gasteiger partial charge in [0.2, 0.25) is 0 Å². The fourth-order valence-corrected chi connectivity index (χ4v) is 7.18. The maximum atomic E-state index is 15.1. The fourth-order valence-electron chi connectivity index (χ4n) is 7.18. The molecule has 8 unspecified atom stereocenters. The standard InChI is InChI=1S/C19H31FO3/c1-17-7-6-14-12(13(17)3-4-16(17)22)9-15(20)19(23)10-11(21)5-8-18(14,19)2/h11-16,21-23H,3-10H2,1-2H3/t11?,12?,13?,14?,15?,16?,17?,18?,19-/m0/s1. The molecule has 3 nitrogen and oxygen atoms in total. The number of aliphatic hydroxyl groups excluding tert-OH is 2. The topological polar surface area (TPSA) is 60.7 Å². The van der Waals surface area contributed by atoms with Gasteiger partial charge >= 0.3 is 0 Å². The van der Waals surface area contributed by atoms with Crippen LogP contribution in [-0.4, -0.2) is 39.3 Å². The van der Waals surface area contributed by atoms with Crippen molar-refractivity contribution in [2.24, 2.45) is 28.6 Å². The Morgan fingerprint density at radius 2 is 1.70 bits per heavy atom. The van der Waals surface area contributed by atoms with Gasteiger partial charge in [-0.05, 0) is 68.1 Å². The summed E-state index contributed by atoms with van der Waals surface area (Å²) in [6.07, 6.45) is 3.62. The van der Waals surface area contributed by atoms with Crippen LogP contribution in [0.4, 0.5) is 4.39 Å². The van der Waals surface area contributed by atoms with Gasteiger partial charge in [-0.15, -0.1) is 0 Å². The first-order valence-electron chi connectivity index (χ1n) is 9.45. The molecule has 4 saturated carbocycles. The molecule has 0 aromatic rings. The maximum absolute atomic E-state index is 15.1. The van der Waals surface area contributed by atoms with Gasteiger partial charge in [0.1, 0.15) is 11.8 Å². The van der Waals surface area contributed by atoms with Crippen LogP contribution in [0.25, 0.3) is 0 Å². The molecule has 4 rings (SSSR count). The summed E-state index contributed by atoms with van der Waals surface area (Å²) in [4.78, 5) is 0. The third-order valence-electron chi connectivity index (χ3n) is 8.74. The lowest BCUT2D eigenvalue weighted by Crippen LogP contribution is -2.67. The molecule has 4 fully saturated rings. The molecule has 4 aliphatic carbocycles. The van der Waals surface area contributed by atoms with E-state index in [2.05, 4.69) is 13.8 Å². The predicted molar refractivity (Wildman–Crippen MR) is 85.5 cm³/mol. The Morgan fingerprint density at radius 1 is 0.957 bits per heavy atom. The average molecular weight is 326 g/mol. The van der Waals surface area contributed by atoms with Crippen molar-refractivity contribution in [3.8, 4) is 0 Å². The van der Waals surface area contributed by atoms with Crippen LogP contribution in [-0.2, 0) is 0 Å². The summed E-state index contributed by atoms with van der Waals surface area (Å²) >= 11 is 0. The molecule has 0 amide bonds. The maximum Gasteiger partial charge on any atom is 0.130 e. The normalized spacial score (nSPS) is 62.3. The van der Waals surface area contributed by atoms with Crippen molar-refractivity contribution >= 4 is 0 Å². The van der Waals surface area contributed by atoms with Gasteiger partial charge in [-0.1, -0.05) is 13.8 Å². The minimum Gasteiger partial charge on any atom is -0.393 e. The zero-order valence-corrected chi connectivity index (χ0v) is 14.3. The van der Waals surface area contributed by atoms with Crippen LogP contribution in [0.5, 0.6) is 0 Å². The number of hydrogen-bond donors (Lipinski definition) is 3. The molecule has 23 heavy (non-hydrogen) atoms. The summed E-state index contributed by atoms with van der Waals surface area (Å²) in [5.41, 5.74) is -1.89. The van der Waals surface area contributed by atoms with E-state index in [1.54, 1.807) is 0 Å². The van der Waals surface area contributed by atoms with E-state index >= 15 is 4.39 Å². The van der Waals surface area contributed by atoms with Crippen molar-refractivity contribution in [3.05, 3.63) is 0 Å². The van der Waals surface area contributed by atoms with Gasteiger partial charge in [-0.3, -0.25) is 0 Å². The largest absolute Gasteiger partial charge is 0.393 e. The van der Waals surface area contributed by atoms with E-state index < -0.39 is 23.3 Å². The molecule has 0 radical (unpaired) electrons. The second-order valence-electron chi connectivity index (χ2n) is 9.46. The molecule has 4 heteroatoms. The molecule has 0 aliphatic heterocycles. The van der Waals surface area contributed by atoms with Crippen LogP contribution in [0.3, 0.4) is 0 Å². The lowest BCUT2D eigenvalue weighted by Gasteiger charge is -2.64. The Balaban J connectivity index is 1.71. The highest BCUT2D eigenvalue weighted by molar-refractivity contribution is 5.17. The smallest absolute Gasteiger partial charge is 0.130 e. The van der Waals surface area contributed by atoms with Crippen LogP contribution in [0.2, 0.25) is 0 Å². The highest BCUT2D eigenvalue weighted by atomic mass is 19.1. The van der Waals surface area contributed by atoms with Gasteiger partial charge in [0.15, 0.2) is 0 Å². The summed E-state index contributed by atoms with van der Waals surface area (Å²) in [5.74, 6) is 0.958. The number of aliphatic hydroxyl groups is 3. The number of alkyl halides is 1. The molecule has 0 aromatic heterocycles. The van der Waals surface area contributed by atoms with E-state index in [4.69, 9.17) is 0 Å². The first-order valence-corrected chi connectivity index (χ1v) is 9.45. The molecule has 9 atom stereocenters. The third-order valence-corrected chi connectivity index (χ3v) is 8.74. The van der Waals surface area contributed by atoms with Crippen LogP contribution < -0.4 is 0 Å². The third kappa shape index (κ3) is 1.92. The number of fused-ring (bicyclic) bond motifs is 5. The van der Waals surface area contributed by atoms with E-state index in [-0.39, 0.29) is 23.9 Å². The lowest BCUT2D eigenvalue weighted by molar-refractivity contribution is -0.250. The average Bonchev–Trinajstić information content (AvgIpc) is 2.79. The molecule has 0 bridgehead atoms. The Bertz CT molecular complexity index is 499. The van der Waals surface area contributed by atoms with Gasteiger partial charge in [-0.2, -0.15) is 0 Å². The molecular weight excluding hydrogens is 295 g/mol. The second-order valence-corrected chi connectivity index (χ2v) is 9.46. The minimum atomic E-state index is -1.38. The van der Waals surface area contributed by atoms with Crippen LogP contribution in [0.1, 0.15) is 65.2 Å². The van der Waals surface area contributed by atoms with Gasteiger partial charge in [0, 0.05) is 11.8 Å². The van der Waals surface area contributed by atoms with Gasteiger partial charge in [0.25, 0.3) is 0 Å². The van der Waals surface area contributed by atoms with Crippen LogP contribution in [0, 0.1) is 28.6 Å². The van der Waals surface area contributed by atoms with Gasteiger partial charge in [0.05, 0.1) is 12.2 Å². The summed E-state index contributed by atoms with van der Waals surface area (Å²) in [7, 11) is 0. The number of hydrogen-bond acceptors (Lipinski definition) is 3. The Morgan fingerprint density at radius 3 is 2.43 bits per heavy atom. The molecule has 0 aromatic carbocycles. The summed E-state index contributed by atoms with van der Waals surface area (Å²) < 4.78 is 15.1. The number of rotatable bonds is 0. The van der Waals surface area contributed by atoms with Crippen molar-refractivity contribution in [2.75, 3.05) is 0 Å².